The third kappa shape index (κ3) is 3.11. The molecule has 1 aliphatic rings. The van der Waals surface area contributed by atoms with E-state index in [4.69, 9.17) is 21.1 Å². The van der Waals surface area contributed by atoms with Gasteiger partial charge in [-0.15, -0.1) is 0 Å². The maximum atomic E-state index is 12.1. The molecule has 1 aromatic heterocycles. The minimum atomic E-state index is -0.201. The van der Waals surface area contributed by atoms with E-state index in [2.05, 4.69) is 15.3 Å². The number of hydrogen-bond donors (Lipinski definition) is 2. The molecule has 6 nitrogen and oxygen atoms in total. The van der Waals surface area contributed by atoms with E-state index in [1.54, 1.807) is 24.7 Å². The number of aromatic amines is 1. The van der Waals surface area contributed by atoms with Gasteiger partial charge in [-0.3, -0.25) is 4.79 Å². The fraction of sp³-hybridized carbons (Fsp3) is 0.286. The van der Waals surface area contributed by atoms with Crippen molar-refractivity contribution in [2.45, 2.75) is 6.42 Å². The molecule has 2 N–H and O–H groups in total. The van der Waals surface area contributed by atoms with E-state index < -0.39 is 0 Å². The highest BCUT2D eigenvalue weighted by molar-refractivity contribution is 6.32. The van der Waals surface area contributed by atoms with E-state index in [1.165, 1.54) is 0 Å². The average molecular weight is 308 g/mol. The van der Waals surface area contributed by atoms with Crippen molar-refractivity contribution in [2.24, 2.45) is 0 Å². The lowest BCUT2D eigenvalue weighted by Crippen LogP contribution is -2.26. The van der Waals surface area contributed by atoms with Crippen LogP contribution >= 0.6 is 11.6 Å². The zero-order valence-electron chi connectivity index (χ0n) is 11.2. The van der Waals surface area contributed by atoms with Crippen molar-refractivity contribution in [3.63, 3.8) is 0 Å². The van der Waals surface area contributed by atoms with E-state index in [1.807, 2.05) is 0 Å². The van der Waals surface area contributed by atoms with Gasteiger partial charge in [0, 0.05) is 30.4 Å². The van der Waals surface area contributed by atoms with Gasteiger partial charge in [0.15, 0.2) is 11.5 Å². The second kappa shape index (κ2) is 6.05. The summed E-state index contributed by atoms with van der Waals surface area (Å²) < 4.78 is 10.9. The van der Waals surface area contributed by atoms with Crippen LogP contribution < -0.4 is 14.8 Å². The summed E-state index contributed by atoms with van der Waals surface area (Å²) in [7, 11) is 0. The molecule has 1 aliphatic heterocycles. The number of nitrogens with zero attached hydrogens (tertiary/aromatic N) is 1. The molecular formula is C14H14ClN3O3. The van der Waals surface area contributed by atoms with E-state index in [9.17, 15) is 4.79 Å². The van der Waals surface area contributed by atoms with Crippen molar-refractivity contribution < 1.29 is 14.3 Å². The lowest BCUT2D eigenvalue weighted by molar-refractivity contribution is 0.0953. The second-order valence-electron chi connectivity index (χ2n) is 4.56. The number of halogens is 1. The molecule has 0 fully saturated rings. The Morgan fingerprint density at radius 3 is 3.05 bits per heavy atom. The van der Waals surface area contributed by atoms with E-state index in [0.717, 1.165) is 5.69 Å². The molecular weight excluding hydrogens is 294 g/mol. The van der Waals surface area contributed by atoms with Gasteiger partial charge in [0.1, 0.15) is 13.2 Å². The summed E-state index contributed by atoms with van der Waals surface area (Å²) in [5, 5.41) is 3.21. The van der Waals surface area contributed by atoms with Gasteiger partial charge in [0.05, 0.1) is 11.3 Å². The molecule has 0 bridgehead atoms. The third-order valence-corrected chi connectivity index (χ3v) is 3.37. The molecule has 110 valence electrons. The number of nitrogens with one attached hydrogen (secondary N) is 2. The van der Waals surface area contributed by atoms with Crippen molar-refractivity contribution in [2.75, 3.05) is 19.8 Å². The second-order valence-corrected chi connectivity index (χ2v) is 4.97. The van der Waals surface area contributed by atoms with Crippen LogP contribution in [0.5, 0.6) is 11.5 Å². The van der Waals surface area contributed by atoms with Gasteiger partial charge in [0.2, 0.25) is 0 Å². The molecule has 2 aromatic rings. The molecule has 0 saturated heterocycles. The topological polar surface area (TPSA) is 76.2 Å². The number of carbonyl (C=O) groups excluding carboxylic acids is 1. The van der Waals surface area contributed by atoms with Gasteiger partial charge in [-0.2, -0.15) is 0 Å². The number of carbonyl (C=O) groups is 1. The van der Waals surface area contributed by atoms with Crippen LogP contribution in [0.3, 0.4) is 0 Å². The Balaban J connectivity index is 1.65. The predicted octanol–water partition coefficient (Wildman–Crippen LogP) is 1.81. The Morgan fingerprint density at radius 2 is 2.24 bits per heavy atom. The van der Waals surface area contributed by atoms with Crippen LogP contribution in [-0.4, -0.2) is 35.6 Å². The Morgan fingerprint density at radius 1 is 1.38 bits per heavy atom. The van der Waals surface area contributed by atoms with Crippen LogP contribution in [0.4, 0.5) is 0 Å². The number of rotatable bonds is 4. The summed E-state index contributed by atoms with van der Waals surface area (Å²) in [5.41, 5.74) is 1.42. The predicted molar refractivity (Wildman–Crippen MR) is 77.1 cm³/mol. The Hall–Kier alpha value is -2.21. The molecule has 1 aromatic carbocycles. The number of hydrogen-bond acceptors (Lipinski definition) is 4. The minimum Gasteiger partial charge on any atom is -0.486 e. The van der Waals surface area contributed by atoms with Crippen molar-refractivity contribution in [3.8, 4) is 11.5 Å². The Kier molecular flexibility index (Phi) is 3.96. The SMILES string of the molecule is O=C(NCCc1cnc[nH]1)c1cc(Cl)c2c(c1)OCCO2. The highest BCUT2D eigenvalue weighted by Gasteiger charge is 2.19. The number of aromatic nitrogens is 2. The highest BCUT2D eigenvalue weighted by atomic mass is 35.5. The van der Waals surface area contributed by atoms with Crippen LogP contribution in [0.1, 0.15) is 16.1 Å². The van der Waals surface area contributed by atoms with Gasteiger partial charge >= 0.3 is 0 Å². The van der Waals surface area contributed by atoms with E-state index in [0.29, 0.717) is 48.3 Å². The molecule has 0 spiro atoms. The van der Waals surface area contributed by atoms with Crippen LogP contribution in [0.2, 0.25) is 5.02 Å². The molecule has 0 radical (unpaired) electrons. The van der Waals surface area contributed by atoms with Crippen LogP contribution in [0.25, 0.3) is 0 Å². The maximum Gasteiger partial charge on any atom is 0.251 e. The molecule has 0 unspecified atom stereocenters. The first-order valence-electron chi connectivity index (χ1n) is 6.58. The quantitative estimate of drug-likeness (QED) is 0.903. The van der Waals surface area contributed by atoms with Gasteiger partial charge < -0.3 is 19.8 Å². The summed E-state index contributed by atoms with van der Waals surface area (Å²) in [4.78, 5) is 19.0. The molecule has 21 heavy (non-hydrogen) atoms. The van der Waals surface area contributed by atoms with Gasteiger partial charge in [-0.05, 0) is 12.1 Å². The molecule has 2 heterocycles. The number of fused-ring (bicyclic) bond motifs is 1. The zero-order chi connectivity index (χ0) is 14.7. The third-order valence-electron chi connectivity index (χ3n) is 3.09. The Bertz CT molecular complexity index is 643. The molecule has 0 saturated carbocycles. The number of imidazole rings is 1. The van der Waals surface area contributed by atoms with Crippen molar-refractivity contribution >= 4 is 17.5 Å². The minimum absolute atomic E-state index is 0.201. The molecule has 0 atom stereocenters. The molecule has 1 amide bonds. The van der Waals surface area contributed by atoms with Gasteiger partial charge in [0.25, 0.3) is 5.91 Å². The maximum absolute atomic E-state index is 12.1. The van der Waals surface area contributed by atoms with E-state index >= 15 is 0 Å². The zero-order valence-corrected chi connectivity index (χ0v) is 11.9. The van der Waals surface area contributed by atoms with Crippen LogP contribution in [0, 0.1) is 0 Å². The summed E-state index contributed by atoms with van der Waals surface area (Å²) in [6.07, 6.45) is 4.02. The molecule has 7 heteroatoms. The smallest absolute Gasteiger partial charge is 0.251 e. The van der Waals surface area contributed by atoms with Gasteiger partial charge in [-0.25, -0.2) is 4.98 Å². The summed E-state index contributed by atoms with van der Waals surface area (Å²) in [5.74, 6) is 0.804. The fourth-order valence-electron chi connectivity index (χ4n) is 2.08. The van der Waals surface area contributed by atoms with Crippen molar-refractivity contribution in [1.29, 1.82) is 0 Å². The highest BCUT2D eigenvalue weighted by Crippen LogP contribution is 2.38. The largest absolute Gasteiger partial charge is 0.486 e. The van der Waals surface area contributed by atoms with Crippen molar-refractivity contribution in [1.82, 2.24) is 15.3 Å². The monoisotopic (exact) mass is 307 g/mol. The number of ether oxygens (including phenoxy) is 2. The molecule has 3 rings (SSSR count). The van der Waals surface area contributed by atoms with Crippen LogP contribution in [-0.2, 0) is 6.42 Å². The Labute approximate surface area is 126 Å². The lowest BCUT2D eigenvalue weighted by Gasteiger charge is -2.20. The van der Waals surface area contributed by atoms with Crippen LogP contribution in [0.15, 0.2) is 24.7 Å². The number of benzene rings is 1. The standard InChI is InChI=1S/C14H14ClN3O3/c15-11-5-9(6-12-13(11)21-4-3-20-12)14(19)17-2-1-10-7-16-8-18-10/h5-8H,1-4H2,(H,16,18)(H,17,19). The summed E-state index contributed by atoms with van der Waals surface area (Å²) in [6, 6.07) is 3.23. The average Bonchev–Trinajstić information content (AvgIpc) is 3.00. The first-order chi connectivity index (χ1) is 10.2. The van der Waals surface area contributed by atoms with E-state index in [-0.39, 0.29) is 5.91 Å². The fourth-order valence-corrected chi connectivity index (χ4v) is 2.34. The van der Waals surface area contributed by atoms with Crippen molar-refractivity contribution in [3.05, 3.63) is 40.9 Å². The normalized spacial score (nSPS) is 13.0. The first-order valence-corrected chi connectivity index (χ1v) is 6.96. The lowest BCUT2D eigenvalue weighted by atomic mass is 10.1. The number of amides is 1. The summed E-state index contributed by atoms with van der Waals surface area (Å²) >= 11 is 6.11. The summed E-state index contributed by atoms with van der Waals surface area (Å²) in [6.45, 7) is 1.42. The van der Waals surface area contributed by atoms with Gasteiger partial charge in [-0.1, -0.05) is 11.6 Å². The molecule has 0 aliphatic carbocycles. The number of H-pyrrole nitrogens is 1. The first kappa shape index (κ1) is 13.8.